The molecular formula is C18H16FN3O2. The Balaban J connectivity index is 1.94. The molecule has 1 aromatic heterocycles. The fourth-order valence-corrected chi connectivity index (χ4v) is 2.66. The van der Waals surface area contributed by atoms with Gasteiger partial charge in [-0.25, -0.2) is 9.37 Å². The van der Waals surface area contributed by atoms with Crippen LogP contribution in [0.4, 0.5) is 10.1 Å². The Morgan fingerprint density at radius 3 is 2.75 bits per heavy atom. The third kappa shape index (κ3) is 3.03. The van der Waals surface area contributed by atoms with E-state index in [0.717, 1.165) is 11.6 Å². The van der Waals surface area contributed by atoms with Crippen molar-refractivity contribution < 1.29 is 9.18 Å². The summed E-state index contributed by atoms with van der Waals surface area (Å²) in [5.74, 6) is -1.34. The van der Waals surface area contributed by atoms with Gasteiger partial charge in [0, 0.05) is 6.07 Å². The van der Waals surface area contributed by atoms with Crippen molar-refractivity contribution in [1.82, 2.24) is 9.97 Å². The van der Waals surface area contributed by atoms with Gasteiger partial charge in [-0.1, -0.05) is 37.3 Å². The fourth-order valence-electron chi connectivity index (χ4n) is 2.66. The first kappa shape index (κ1) is 15.9. The average molecular weight is 325 g/mol. The minimum Gasteiger partial charge on any atom is -0.323 e. The largest absolute Gasteiger partial charge is 0.323 e. The molecule has 1 heterocycles. The molecule has 24 heavy (non-hydrogen) atoms. The second kappa shape index (κ2) is 6.62. The number of anilines is 1. The minimum atomic E-state index is -0.628. The third-order valence-electron chi connectivity index (χ3n) is 3.91. The highest BCUT2D eigenvalue weighted by Crippen LogP contribution is 2.24. The number of aromatic nitrogens is 2. The summed E-state index contributed by atoms with van der Waals surface area (Å²) in [5, 5.41) is 2.81. The maximum Gasteiger partial charge on any atom is 0.258 e. The predicted molar refractivity (Wildman–Crippen MR) is 90.4 cm³/mol. The van der Waals surface area contributed by atoms with Crippen molar-refractivity contribution in [2.45, 2.75) is 19.3 Å². The second-order valence-corrected chi connectivity index (χ2v) is 5.44. The van der Waals surface area contributed by atoms with Gasteiger partial charge in [-0.2, -0.15) is 0 Å². The van der Waals surface area contributed by atoms with Gasteiger partial charge in [-0.3, -0.25) is 9.59 Å². The summed E-state index contributed by atoms with van der Waals surface area (Å²) in [5.41, 5.74) is 0.688. The first-order valence-electron chi connectivity index (χ1n) is 7.63. The van der Waals surface area contributed by atoms with Gasteiger partial charge in [0.05, 0.1) is 28.8 Å². The summed E-state index contributed by atoms with van der Waals surface area (Å²) < 4.78 is 14.2. The van der Waals surface area contributed by atoms with Crippen molar-refractivity contribution in [3.05, 3.63) is 70.5 Å². The van der Waals surface area contributed by atoms with E-state index in [0.29, 0.717) is 6.42 Å². The van der Waals surface area contributed by atoms with Crippen LogP contribution in [-0.2, 0) is 4.79 Å². The summed E-state index contributed by atoms with van der Waals surface area (Å²) in [6.07, 6.45) is 1.79. The Kier molecular flexibility index (Phi) is 4.37. The van der Waals surface area contributed by atoms with E-state index in [2.05, 4.69) is 15.3 Å². The van der Waals surface area contributed by atoms with Crippen LogP contribution in [0.5, 0.6) is 0 Å². The minimum absolute atomic E-state index is 0.0274. The topological polar surface area (TPSA) is 74.8 Å². The Hall–Kier alpha value is -3.02. The molecule has 0 radical (unpaired) electrons. The molecule has 0 spiro atoms. The summed E-state index contributed by atoms with van der Waals surface area (Å²) in [7, 11) is 0. The molecule has 0 aliphatic carbocycles. The van der Waals surface area contributed by atoms with E-state index in [1.807, 2.05) is 37.3 Å². The van der Waals surface area contributed by atoms with Gasteiger partial charge < -0.3 is 10.3 Å². The number of fused-ring (bicyclic) bond motifs is 1. The zero-order chi connectivity index (χ0) is 17.1. The highest BCUT2D eigenvalue weighted by molar-refractivity contribution is 5.97. The molecule has 122 valence electrons. The maximum absolute atomic E-state index is 14.2. The fraction of sp³-hybridized carbons (Fsp3) is 0.167. The lowest BCUT2D eigenvalue weighted by atomic mass is 9.95. The van der Waals surface area contributed by atoms with Gasteiger partial charge in [0.15, 0.2) is 0 Å². The number of hydrogen-bond donors (Lipinski definition) is 2. The molecule has 1 atom stereocenters. The van der Waals surface area contributed by atoms with Crippen LogP contribution in [0.2, 0.25) is 0 Å². The van der Waals surface area contributed by atoms with Gasteiger partial charge >= 0.3 is 0 Å². The SMILES string of the molecule is CCC(C(=O)Nc1cc2c(=O)[nH]cnc2cc1F)c1ccccc1. The van der Waals surface area contributed by atoms with Crippen LogP contribution in [0.25, 0.3) is 10.9 Å². The van der Waals surface area contributed by atoms with Crippen LogP contribution in [0, 0.1) is 5.82 Å². The predicted octanol–water partition coefficient (Wildman–Crippen LogP) is 3.19. The lowest BCUT2D eigenvalue weighted by molar-refractivity contribution is -0.117. The van der Waals surface area contributed by atoms with Crippen molar-refractivity contribution >= 4 is 22.5 Å². The van der Waals surface area contributed by atoms with Crippen molar-refractivity contribution in [2.75, 3.05) is 5.32 Å². The highest BCUT2D eigenvalue weighted by atomic mass is 19.1. The molecule has 2 N–H and O–H groups in total. The zero-order valence-electron chi connectivity index (χ0n) is 13.0. The van der Waals surface area contributed by atoms with Crippen LogP contribution in [-0.4, -0.2) is 15.9 Å². The first-order chi connectivity index (χ1) is 11.6. The van der Waals surface area contributed by atoms with Crippen molar-refractivity contribution in [3.63, 3.8) is 0 Å². The van der Waals surface area contributed by atoms with Crippen LogP contribution in [0.1, 0.15) is 24.8 Å². The number of rotatable bonds is 4. The van der Waals surface area contributed by atoms with Crippen LogP contribution in [0.3, 0.4) is 0 Å². The highest BCUT2D eigenvalue weighted by Gasteiger charge is 2.20. The van der Waals surface area contributed by atoms with Crippen LogP contribution < -0.4 is 10.9 Å². The molecule has 0 saturated carbocycles. The number of amides is 1. The van der Waals surface area contributed by atoms with Gasteiger partial charge in [0.25, 0.3) is 5.56 Å². The van der Waals surface area contributed by atoms with Crippen molar-refractivity contribution in [3.8, 4) is 0 Å². The summed E-state index contributed by atoms with van der Waals surface area (Å²) in [4.78, 5) is 30.7. The third-order valence-corrected chi connectivity index (χ3v) is 3.91. The molecule has 3 aromatic rings. The number of carbonyl (C=O) groups excluding carboxylic acids is 1. The molecule has 5 nitrogen and oxygen atoms in total. The maximum atomic E-state index is 14.2. The standard InChI is InChI=1S/C18H16FN3O2/c1-2-12(11-6-4-3-5-7-11)18(24)22-16-8-13-15(9-14(16)19)20-10-21-17(13)23/h3-10,12H,2H2,1H3,(H,22,24)(H,20,21,23). The molecule has 2 aromatic carbocycles. The number of benzene rings is 2. The average Bonchev–Trinajstić information content (AvgIpc) is 2.58. The first-order valence-corrected chi connectivity index (χ1v) is 7.63. The number of H-pyrrole nitrogens is 1. The quantitative estimate of drug-likeness (QED) is 0.773. The normalized spacial score (nSPS) is 12.1. The zero-order valence-corrected chi connectivity index (χ0v) is 13.0. The van der Waals surface area contributed by atoms with E-state index in [4.69, 9.17) is 0 Å². The van der Waals surface area contributed by atoms with E-state index in [1.54, 1.807) is 0 Å². The van der Waals surface area contributed by atoms with Gasteiger partial charge in [0.1, 0.15) is 5.82 Å². The molecule has 1 amide bonds. The lowest BCUT2D eigenvalue weighted by Gasteiger charge is -2.16. The molecule has 0 saturated heterocycles. The molecule has 1 unspecified atom stereocenters. The van der Waals surface area contributed by atoms with E-state index in [9.17, 15) is 14.0 Å². The van der Waals surface area contributed by atoms with E-state index in [-0.39, 0.29) is 28.1 Å². The molecule has 0 aliphatic rings. The lowest BCUT2D eigenvalue weighted by Crippen LogP contribution is -2.21. The van der Waals surface area contributed by atoms with Crippen molar-refractivity contribution in [1.29, 1.82) is 0 Å². The number of aromatic amines is 1. The number of nitrogens with one attached hydrogen (secondary N) is 2. The number of carbonyl (C=O) groups is 1. The Labute approximate surface area is 137 Å². The Bertz CT molecular complexity index is 938. The van der Waals surface area contributed by atoms with Gasteiger partial charge in [-0.15, -0.1) is 0 Å². The van der Waals surface area contributed by atoms with E-state index >= 15 is 0 Å². The summed E-state index contributed by atoms with van der Waals surface area (Å²) in [6, 6.07) is 11.8. The number of hydrogen-bond acceptors (Lipinski definition) is 3. The summed E-state index contributed by atoms with van der Waals surface area (Å²) in [6.45, 7) is 1.89. The van der Waals surface area contributed by atoms with Gasteiger partial charge in [0.2, 0.25) is 5.91 Å². The molecule has 0 aliphatic heterocycles. The van der Waals surface area contributed by atoms with E-state index < -0.39 is 11.7 Å². The Morgan fingerprint density at radius 1 is 1.29 bits per heavy atom. The molecule has 0 bridgehead atoms. The second-order valence-electron chi connectivity index (χ2n) is 5.44. The van der Waals surface area contributed by atoms with Gasteiger partial charge in [-0.05, 0) is 18.1 Å². The number of halogens is 1. The molecule has 6 heteroatoms. The molecule has 3 rings (SSSR count). The van der Waals surface area contributed by atoms with E-state index in [1.165, 1.54) is 12.4 Å². The van der Waals surface area contributed by atoms with Crippen LogP contribution in [0.15, 0.2) is 53.6 Å². The van der Waals surface area contributed by atoms with Crippen LogP contribution >= 0.6 is 0 Å². The smallest absolute Gasteiger partial charge is 0.258 e. The summed E-state index contributed by atoms with van der Waals surface area (Å²) >= 11 is 0. The van der Waals surface area contributed by atoms with Crippen molar-refractivity contribution in [2.24, 2.45) is 0 Å². The monoisotopic (exact) mass is 325 g/mol. The molecule has 0 fully saturated rings. The number of nitrogens with zero attached hydrogens (tertiary/aromatic N) is 1. The molecular weight excluding hydrogens is 309 g/mol. The Morgan fingerprint density at radius 2 is 2.04 bits per heavy atom.